The molecule has 0 saturated carbocycles. The molecule has 41 heavy (non-hydrogen) atoms. The van der Waals surface area contributed by atoms with E-state index in [1.54, 1.807) is 6.92 Å². The van der Waals surface area contributed by atoms with Crippen LogP contribution in [0.15, 0.2) is 0 Å². The predicted octanol–water partition coefficient (Wildman–Crippen LogP) is 4.16. The Hall–Kier alpha value is 0.550. The molecule has 7 unspecified atom stereocenters. The quantitative estimate of drug-likeness (QED) is 0.102. The number of alkyl halides is 3. The van der Waals surface area contributed by atoms with Crippen LogP contribution in [0.1, 0.15) is 87.5 Å². The summed E-state index contributed by atoms with van der Waals surface area (Å²) in [7, 11) is 0. The zero-order valence-electron chi connectivity index (χ0n) is 27.1. The second kappa shape index (κ2) is 29.3. The first-order chi connectivity index (χ1) is 19.0. The van der Waals surface area contributed by atoms with Crippen molar-refractivity contribution in [3.05, 3.63) is 0 Å². The summed E-state index contributed by atoms with van der Waals surface area (Å²) in [6.45, 7) is 18.4. The molecule has 0 heterocycles. The summed E-state index contributed by atoms with van der Waals surface area (Å²) >= 11 is 16.7. The van der Waals surface area contributed by atoms with Gasteiger partial charge in [-0.25, -0.2) is 0 Å². The molecule has 0 aliphatic carbocycles. The van der Waals surface area contributed by atoms with E-state index in [4.69, 9.17) is 45.0 Å². The van der Waals surface area contributed by atoms with Crippen molar-refractivity contribution in [3.63, 3.8) is 0 Å². The van der Waals surface area contributed by atoms with Crippen LogP contribution in [0.2, 0.25) is 0 Å². The molecule has 0 aromatic carbocycles. The Balaban J connectivity index is -0.000000562. The molecule has 0 aliphatic heterocycles. The molecule has 0 saturated heterocycles. The average molecular weight is 656 g/mol. The Morgan fingerprint density at radius 3 is 1.07 bits per heavy atom. The number of hydrogen-bond donors (Lipinski definition) is 6. The number of aliphatic hydroxyl groups is 6. The zero-order valence-corrected chi connectivity index (χ0v) is 29.4. The highest BCUT2D eigenvalue weighted by Crippen LogP contribution is 2.13. The second-order valence-electron chi connectivity index (χ2n) is 12.2. The fourth-order valence-corrected chi connectivity index (χ4v) is 4.16. The molecule has 252 valence electrons. The van der Waals surface area contributed by atoms with Crippen molar-refractivity contribution in [2.24, 2.45) is 11.8 Å². The molecule has 0 aromatic rings. The summed E-state index contributed by atoms with van der Waals surface area (Å²) < 4.78 is 0. The Morgan fingerprint density at radius 2 is 0.805 bits per heavy atom. The standard InChI is InChI=1S/C13H28ClNO2.C10H21Cl2NO3.C7H16O/c1-10(2)5-6-11(3)15(8-12(4)16)9-13(17)7-14;1-8(2-3-14)13(6-9(15)4-11)7-10(16)5-12;1-6(2)4-5-7(3)8/h10-13,16-17H,5-9H2,1-4H3;8-10,14-16H,2-7H2,1H3;6-8H,4-5H2,1-3H3. The second-order valence-corrected chi connectivity index (χ2v) is 13.1. The molecule has 0 amide bonds. The van der Waals surface area contributed by atoms with Gasteiger partial charge in [-0.3, -0.25) is 9.80 Å². The normalized spacial score (nSPS) is 16.9. The van der Waals surface area contributed by atoms with E-state index < -0.39 is 18.3 Å². The van der Waals surface area contributed by atoms with E-state index in [0.717, 1.165) is 31.6 Å². The zero-order chi connectivity index (χ0) is 32.5. The summed E-state index contributed by atoms with van der Waals surface area (Å²) in [5.74, 6) is 1.96. The topological polar surface area (TPSA) is 128 Å². The molecule has 0 bridgehead atoms. The highest BCUT2D eigenvalue weighted by atomic mass is 35.5. The monoisotopic (exact) mass is 654 g/mol. The molecule has 0 rings (SSSR count). The molecule has 11 heteroatoms. The third-order valence-corrected chi connectivity index (χ3v) is 7.55. The van der Waals surface area contributed by atoms with Gasteiger partial charge in [-0.15, -0.1) is 34.8 Å². The fourth-order valence-electron chi connectivity index (χ4n) is 3.87. The van der Waals surface area contributed by atoms with E-state index in [1.165, 1.54) is 0 Å². The minimum absolute atomic E-state index is 0.0701. The Bertz CT molecular complexity index is 530. The first-order valence-corrected chi connectivity index (χ1v) is 16.8. The fraction of sp³-hybridized carbons (Fsp3) is 1.00. The van der Waals surface area contributed by atoms with E-state index in [2.05, 4.69) is 39.5 Å². The number of hydrogen-bond acceptors (Lipinski definition) is 8. The highest BCUT2D eigenvalue weighted by Gasteiger charge is 2.20. The van der Waals surface area contributed by atoms with Crippen LogP contribution in [-0.4, -0.2) is 133 Å². The van der Waals surface area contributed by atoms with Crippen LogP contribution in [0.25, 0.3) is 0 Å². The van der Waals surface area contributed by atoms with Crippen LogP contribution in [0.4, 0.5) is 0 Å². The molecule has 0 radical (unpaired) electrons. The molecule has 0 aliphatic rings. The Kier molecular flexibility index (Phi) is 32.8. The van der Waals surface area contributed by atoms with Crippen molar-refractivity contribution >= 4 is 34.8 Å². The SMILES string of the molecule is CC(C)CCC(C)N(CC(C)O)CC(O)CCl.CC(C)CCC(C)O.CC(CCO)N(CC(O)CCl)CC(O)CCl. The lowest BCUT2D eigenvalue weighted by molar-refractivity contribution is 0.0560. The van der Waals surface area contributed by atoms with Crippen LogP contribution in [0, 0.1) is 11.8 Å². The molecular weight excluding hydrogens is 591 g/mol. The maximum Gasteiger partial charge on any atom is 0.0802 e. The molecule has 8 nitrogen and oxygen atoms in total. The van der Waals surface area contributed by atoms with Gasteiger partial charge >= 0.3 is 0 Å². The van der Waals surface area contributed by atoms with Gasteiger partial charge < -0.3 is 30.6 Å². The largest absolute Gasteiger partial charge is 0.396 e. The van der Waals surface area contributed by atoms with Crippen LogP contribution in [0.5, 0.6) is 0 Å². The molecule has 6 N–H and O–H groups in total. The minimum Gasteiger partial charge on any atom is -0.396 e. The molecular formula is C30H65Cl3N2O6. The van der Waals surface area contributed by atoms with Gasteiger partial charge in [0.1, 0.15) is 0 Å². The maximum absolute atomic E-state index is 9.61. The summed E-state index contributed by atoms with van der Waals surface area (Å²) in [6.07, 6.45) is 2.64. The van der Waals surface area contributed by atoms with Crippen LogP contribution in [0.3, 0.4) is 0 Å². The van der Waals surface area contributed by atoms with Gasteiger partial charge in [0.15, 0.2) is 0 Å². The number of aliphatic hydroxyl groups excluding tert-OH is 6. The van der Waals surface area contributed by atoms with E-state index in [0.29, 0.717) is 44.6 Å². The van der Waals surface area contributed by atoms with Crippen molar-refractivity contribution in [2.45, 2.75) is 130 Å². The van der Waals surface area contributed by atoms with Crippen molar-refractivity contribution in [3.8, 4) is 0 Å². The van der Waals surface area contributed by atoms with E-state index in [1.807, 2.05) is 18.7 Å². The smallest absolute Gasteiger partial charge is 0.0802 e. The number of nitrogens with zero attached hydrogens (tertiary/aromatic N) is 2. The third kappa shape index (κ3) is 31.8. The van der Waals surface area contributed by atoms with E-state index >= 15 is 0 Å². The molecule has 0 spiro atoms. The average Bonchev–Trinajstić information content (AvgIpc) is 2.89. The van der Waals surface area contributed by atoms with Gasteiger partial charge in [0.05, 0.1) is 30.5 Å². The van der Waals surface area contributed by atoms with E-state index in [-0.39, 0.29) is 42.5 Å². The maximum atomic E-state index is 9.61. The molecule has 0 aromatic heterocycles. The lowest BCUT2D eigenvalue weighted by Crippen LogP contribution is -2.44. The number of rotatable bonds is 21. The van der Waals surface area contributed by atoms with Gasteiger partial charge in [-0.1, -0.05) is 27.7 Å². The number of halogens is 3. The van der Waals surface area contributed by atoms with Crippen molar-refractivity contribution in [1.29, 1.82) is 0 Å². The highest BCUT2D eigenvalue weighted by molar-refractivity contribution is 6.18. The van der Waals surface area contributed by atoms with Crippen molar-refractivity contribution in [1.82, 2.24) is 9.80 Å². The van der Waals surface area contributed by atoms with Crippen molar-refractivity contribution < 1.29 is 30.6 Å². The van der Waals surface area contributed by atoms with Crippen molar-refractivity contribution in [2.75, 3.05) is 50.4 Å². The lowest BCUT2D eigenvalue weighted by Gasteiger charge is -2.32. The van der Waals surface area contributed by atoms with Gasteiger partial charge in [-0.05, 0) is 71.6 Å². The molecule has 0 fully saturated rings. The van der Waals surface area contributed by atoms with Gasteiger partial charge in [0.2, 0.25) is 0 Å². The van der Waals surface area contributed by atoms with Crippen LogP contribution in [-0.2, 0) is 0 Å². The first kappa shape index (κ1) is 46.0. The summed E-state index contributed by atoms with van der Waals surface area (Å²) in [5, 5.41) is 55.7. The summed E-state index contributed by atoms with van der Waals surface area (Å²) in [6, 6.07) is 0.436. The third-order valence-electron chi connectivity index (χ3n) is 6.49. The van der Waals surface area contributed by atoms with Crippen LogP contribution >= 0.6 is 34.8 Å². The Morgan fingerprint density at radius 1 is 0.463 bits per heavy atom. The predicted molar refractivity (Wildman–Crippen MR) is 175 cm³/mol. The minimum atomic E-state index is -0.634. The first-order valence-electron chi connectivity index (χ1n) is 15.2. The summed E-state index contributed by atoms with van der Waals surface area (Å²) in [5.41, 5.74) is 0. The van der Waals surface area contributed by atoms with E-state index in [9.17, 15) is 20.4 Å². The summed E-state index contributed by atoms with van der Waals surface area (Å²) in [4.78, 5) is 4.01. The molecule has 7 atom stereocenters. The van der Waals surface area contributed by atoms with Gasteiger partial charge in [-0.2, -0.15) is 0 Å². The van der Waals surface area contributed by atoms with Crippen LogP contribution < -0.4 is 0 Å². The van der Waals surface area contributed by atoms with Gasteiger partial charge in [0.25, 0.3) is 0 Å². The van der Waals surface area contributed by atoms with Gasteiger partial charge in [0, 0.05) is 62.5 Å². The Labute approximate surface area is 267 Å². The lowest BCUT2D eigenvalue weighted by atomic mass is 10.0.